The van der Waals surface area contributed by atoms with Gasteiger partial charge in [0, 0.05) is 17.9 Å². The maximum absolute atomic E-state index is 14.1. The molecule has 1 amide bonds. The average Bonchev–Trinajstić information content (AvgIpc) is 2.81. The van der Waals surface area contributed by atoms with Crippen LogP contribution in [0, 0.1) is 18.8 Å². The highest BCUT2D eigenvalue weighted by Crippen LogP contribution is 2.57. The molecule has 6 N–H and O–H groups in total. The number of aliphatic hydroxyl groups is 3. The monoisotopic (exact) mass is 514 g/mol. The maximum atomic E-state index is 14.1. The van der Waals surface area contributed by atoms with Crippen LogP contribution in [-0.4, -0.2) is 80.6 Å². The fourth-order valence-electron chi connectivity index (χ4n) is 6.26. The molecule has 1 fully saturated rings. The Morgan fingerprint density at radius 3 is 2.32 bits per heavy atom. The van der Waals surface area contributed by atoms with E-state index in [2.05, 4.69) is 0 Å². The van der Waals surface area contributed by atoms with Crippen LogP contribution in [0.1, 0.15) is 42.9 Å². The first kappa shape index (κ1) is 26.4. The number of hydrogen-bond donors (Lipinski definition) is 5. The number of ether oxygens (including phenoxy) is 1. The molecule has 0 saturated heterocycles. The molecular formula is C26H30N2O9. The Morgan fingerprint density at radius 2 is 1.78 bits per heavy atom. The van der Waals surface area contributed by atoms with E-state index in [1.165, 1.54) is 32.0 Å². The summed E-state index contributed by atoms with van der Waals surface area (Å²) >= 11 is 0. The third kappa shape index (κ3) is 3.41. The first-order valence-corrected chi connectivity index (χ1v) is 11.9. The smallest absolute Gasteiger partial charge is 0.305 e. The summed E-state index contributed by atoms with van der Waals surface area (Å²) in [7, 11) is 2.94. The van der Waals surface area contributed by atoms with E-state index in [1.54, 1.807) is 19.9 Å². The molecule has 3 aliphatic rings. The third-order valence-corrected chi connectivity index (χ3v) is 7.85. The topological polar surface area (TPSA) is 188 Å². The second-order valence-electron chi connectivity index (χ2n) is 10.1. The Labute approximate surface area is 212 Å². The van der Waals surface area contributed by atoms with Gasteiger partial charge in [-0.25, -0.2) is 0 Å². The molecule has 0 spiro atoms. The first-order chi connectivity index (χ1) is 17.2. The number of aromatic hydroxyl groups is 1. The van der Waals surface area contributed by atoms with Crippen molar-refractivity contribution < 1.29 is 44.3 Å². The van der Waals surface area contributed by atoms with Gasteiger partial charge in [-0.3, -0.25) is 24.1 Å². The van der Waals surface area contributed by atoms with Crippen LogP contribution < -0.4 is 5.73 Å². The lowest BCUT2D eigenvalue weighted by Gasteiger charge is -2.54. The molecule has 0 aromatic heterocycles. The van der Waals surface area contributed by atoms with Crippen LogP contribution in [0.4, 0.5) is 0 Å². The fourth-order valence-corrected chi connectivity index (χ4v) is 6.26. The minimum absolute atomic E-state index is 0.0237. The van der Waals surface area contributed by atoms with Gasteiger partial charge in [-0.1, -0.05) is 19.9 Å². The fraction of sp³-hybridized carbons (Fsp3) is 0.462. The van der Waals surface area contributed by atoms with Crippen molar-refractivity contribution in [2.24, 2.45) is 17.6 Å². The number of aliphatic hydroxyl groups excluding tert-OH is 2. The van der Waals surface area contributed by atoms with Gasteiger partial charge in [-0.2, -0.15) is 0 Å². The number of ketones is 2. The molecule has 3 aliphatic carbocycles. The van der Waals surface area contributed by atoms with Crippen molar-refractivity contribution >= 4 is 29.2 Å². The molecule has 198 valence electrons. The number of carbonyl (C=O) groups is 4. The van der Waals surface area contributed by atoms with Gasteiger partial charge in [0.2, 0.25) is 5.78 Å². The normalized spacial score (nSPS) is 31.2. The number of aryl methyl sites for hydroxylation is 1. The zero-order valence-corrected chi connectivity index (χ0v) is 21.1. The summed E-state index contributed by atoms with van der Waals surface area (Å²) in [5.74, 6) is -9.67. The van der Waals surface area contributed by atoms with Crippen LogP contribution in [0.15, 0.2) is 29.0 Å². The molecular weight excluding hydrogens is 484 g/mol. The van der Waals surface area contributed by atoms with E-state index < -0.39 is 81.6 Å². The lowest BCUT2D eigenvalue weighted by atomic mass is 9.54. The molecule has 11 nitrogen and oxygen atoms in total. The van der Waals surface area contributed by atoms with Gasteiger partial charge in [0.05, 0.1) is 17.5 Å². The minimum atomic E-state index is -2.94. The van der Waals surface area contributed by atoms with Gasteiger partial charge in [0.25, 0.3) is 5.91 Å². The summed E-state index contributed by atoms with van der Waals surface area (Å²) in [6.45, 7) is 5.00. The van der Waals surface area contributed by atoms with Gasteiger partial charge in [0.15, 0.2) is 11.4 Å². The van der Waals surface area contributed by atoms with E-state index in [0.717, 1.165) is 0 Å². The molecule has 1 aromatic carbocycles. The van der Waals surface area contributed by atoms with Gasteiger partial charge >= 0.3 is 5.97 Å². The van der Waals surface area contributed by atoms with Gasteiger partial charge < -0.3 is 30.9 Å². The number of nitrogens with two attached hydrogens (primary N) is 1. The Balaban J connectivity index is 2.14. The van der Waals surface area contributed by atoms with Crippen molar-refractivity contribution in [3.05, 3.63) is 45.7 Å². The lowest BCUT2D eigenvalue weighted by Crippen LogP contribution is -2.71. The molecule has 6 atom stereocenters. The van der Waals surface area contributed by atoms with Crippen molar-refractivity contribution in [2.75, 3.05) is 14.1 Å². The quantitative estimate of drug-likeness (QED) is 0.283. The Bertz CT molecular complexity index is 1310. The number of esters is 1. The van der Waals surface area contributed by atoms with Crippen molar-refractivity contribution in [2.45, 2.75) is 50.9 Å². The number of rotatable bonds is 4. The minimum Gasteiger partial charge on any atom is -0.508 e. The molecule has 0 aliphatic heterocycles. The number of phenolic OH excluding ortho intramolecular Hbond substituents is 1. The van der Waals surface area contributed by atoms with E-state index in [0.29, 0.717) is 11.1 Å². The summed E-state index contributed by atoms with van der Waals surface area (Å²) in [4.78, 5) is 53.6. The van der Waals surface area contributed by atoms with E-state index in [1.807, 2.05) is 0 Å². The number of benzene rings is 1. The number of likely N-dealkylation sites (N-methyl/N-ethyl adjacent to an activating group) is 1. The summed E-state index contributed by atoms with van der Waals surface area (Å²) in [5.41, 5.74) is 2.23. The molecule has 6 unspecified atom stereocenters. The summed E-state index contributed by atoms with van der Waals surface area (Å²) in [6, 6.07) is 1.59. The van der Waals surface area contributed by atoms with Crippen LogP contribution in [-0.2, 0) is 23.9 Å². The van der Waals surface area contributed by atoms with Gasteiger partial charge in [0.1, 0.15) is 28.9 Å². The highest BCUT2D eigenvalue weighted by molar-refractivity contribution is 6.24. The van der Waals surface area contributed by atoms with E-state index in [4.69, 9.17) is 10.5 Å². The van der Waals surface area contributed by atoms with Crippen LogP contribution in [0.3, 0.4) is 0 Å². The van der Waals surface area contributed by atoms with E-state index in [9.17, 15) is 39.6 Å². The van der Waals surface area contributed by atoms with Crippen LogP contribution in [0.5, 0.6) is 5.75 Å². The Hall–Kier alpha value is -3.70. The predicted molar refractivity (Wildman–Crippen MR) is 129 cm³/mol. The number of primary amides is 1. The molecule has 1 saturated carbocycles. The van der Waals surface area contributed by atoms with E-state index in [-0.39, 0.29) is 17.7 Å². The predicted octanol–water partition coefficient (Wildman–Crippen LogP) is 0.765. The zero-order chi connectivity index (χ0) is 27.7. The molecule has 0 heterocycles. The largest absolute Gasteiger partial charge is 0.508 e. The number of amides is 1. The number of carbonyl (C=O) groups excluding carboxylic acids is 4. The second kappa shape index (κ2) is 8.70. The standard InChI is InChI=1S/C26H30N2O9/c1-6-12(30)37-22-14-10(3)13-9(2)7-8-11(29)15(13)20(31)16(14)23(33)26(36)18(22)19(28(4)5)21(32)17(24(26)34)25(27)35/h7-8,10,14,18-19,22,29,31,34,36H,6H2,1-5H3,(H2,27,35). The first-order valence-electron chi connectivity index (χ1n) is 11.9. The SMILES string of the molecule is CCC(=O)OC1C2C(=C(O)c3c(O)ccc(C)c3C2C)C(=O)C2(O)C(O)=C(C(N)=O)C(=O)C(N(C)C)C12. The van der Waals surface area contributed by atoms with Crippen molar-refractivity contribution in [3.63, 3.8) is 0 Å². The highest BCUT2D eigenvalue weighted by atomic mass is 16.5. The summed E-state index contributed by atoms with van der Waals surface area (Å²) in [5, 5.41) is 44.9. The molecule has 0 bridgehead atoms. The number of nitrogens with zero attached hydrogens (tertiary/aromatic N) is 1. The number of Topliss-reactive ketones (excluding diaryl/α,β-unsaturated/α-hetero) is 2. The number of fused-ring (bicyclic) bond motifs is 3. The van der Waals surface area contributed by atoms with Gasteiger partial charge in [-0.05, 0) is 44.1 Å². The number of phenols is 1. The molecule has 0 radical (unpaired) electrons. The van der Waals surface area contributed by atoms with Crippen molar-refractivity contribution in [1.82, 2.24) is 4.90 Å². The van der Waals surface area contributed by atoms with Crippen molar-refractivity contribution in [1.29, 1.82) is 0 Å². The molecule has 37 heavy (non-hydrogen) atoms. The number of hydrogen-bond acceptors (Lipinski definition) is 10. The average molecular weight is 515 g/mol. The second-order valence-corrected chi connectivity index (χ2v) is 10.1. The molecule has 11 heteroatoms. The summed E-state index contributed by atoms with van der Waals surface area (Å²) in [6.07, 6.45) is -1.47. The Kier molecular flexibility index (Phi) is 6.20. The van der Waals surface area contributed by atoms with Crippen LogP contribution in [0.25, 0.3) is 5.76 Å². The lowest BCUT2D eigenvalue weighted by molar-refractivity contribution is -0.185. The molecule has 4 rings (SSSR count). The maximum Gasteiger partial charge on any atom is 0.305 e. The highest BCUT2D eigenvalue weighted by Gasteiger charge is 2.69. The van der Waals surface area contributed by atoms with E-state index >= 15 is 0 Å². The van der Waals surface area contributed by atoms with Crippen LogP contribution in [0.2, 0.25) is 0 Å². The summed E-state index contributed by atoms with van der Waals surface area (Å²) < 4.78 is 5.78. The van der Waals surface area contributed by atoms with Gasteiger partial charge in [-0.15, -0.1) is 0 Å². The zero-order valence-electron chi connectivity index (χ0n) is 21.1. The molecule has 1 aromatic rings. The Morgan fingerprint density at radius 1 is 1.16 bits per heavy atom. The third-order valence-electron chi connectivity index (χ3n) is 7.85. The van der Waals surface area contributed by atoms with Crippen LogP contribution >= 0.6 is 0 Å². The van der Waals surface area contributed by atoms with Crippen molar-refractivity contribution in [3.8, 4) is 5.75 Å².